The number of hydrogen-bond donors (Lipinski definition) is 0. The van der Waals surface area contributed by atoms with Crippen molar-refractivity contribution >= 4 is 11.4 Å². The van der Waals surface area contributed by atoms with Crippen molar-refractivity contribution in [3.8, 4) is 0 Å². The van der Waals surface area contributed by atoms with Crippen molar-refractivity contribution in [1.29, 1.82) is 0 Å². The summed E-state index contributed by atoms with van der Waals surface area (Å²) in [7, 11) is 0. The predicted octanol–water partition coefficient (Wildman–Crippen LogP) is 33.6. The van der Waals surface area contributed by atoms with Crippen molar-refractivity contribution in [2.45, 2.75) is 503 Å². The van der Waals surface area contributed by atoms with Crippen molar-refractivity contribution in [3.05, 3.63) is 85.5 Å². The molecule has 1 heterocycles. The summed E-state index contributed by atoms with van der Waals surface area (Å²) in [5, 5.41) is 0. The number of benzene rings is 2. The third kappa shape index (κ3) is 44.5. The Balaban J connectivity index is 0.000000668. The van der Waals surface area contributed by atoms with E-state index in [-0.39, 0.29) is 0 Å². The number of aryl methyl sites for hydroxylation is 4. The number of nitrogens with zero attached hydrogens (tertiary/aromatic N) is 2. The summed E-state index contributed by atoms with van der Waals surface area (Å²) in [5.41, 5.74) is 29.7. The van der Waals surface area contributed by atoms with Crippen LogP contribution in [0.4, 0.5) is 0 Å². The van der Waals surface area contributed by atoms with Crippen molar-refractivity contribution in [2.75, 3.05) is 0 Å². The summed E-state index contributed by atoms with van der Waals surface area (Å²) in [6, 6.07) is 10.1. The summed E-state index contributed by atoms with van der Waals surface area (Å²) < 4.78 is 1.71. The van der Waals surface area contributed by atoms with Gasteiger partial charge in [-0.15, -0.1) is 0 Å². The third-order valence-electron chi connectivity index (χ3n) is 21.8. The van der Waals surface area contributed by atoms with E-state index >= 15 is 0 Å². The van der Waals surface area contributed by atoms with Crippen LogP contribution in [-0.4, -0.2) is 4.70 Å². The van der Waals surface area contributed by atoms with Gasteiger partial charge in [0, 0.05) is 22.3 Å². The molecular formula is C94H170N2Pd. The Bertz CT molecular complexity index is 2070. The monoisotopic (exact) mass is 1430 g/mol. The molecular weight excluding hydrogens is 1260 g/mol. The average Bonchev–Trinajstić information content (AvgIpc) is 1.61. The Morgan fingerprint density at radius 1 is 0.216 bits per heavy atom. The van der Waals surface area contributed by atoms with Crippen LogP contribution in [0, 0.1) is 0 Å². The van der Waals surface area contributed by atoms with Gasteiger partial charge in [0.15, 0.2) is 0 Å². The molecule has 2 aromatic carbocycles. The van der Waals surface area contributed by atoms with Gasteiger partial charge in [-0.3, -0.25) is 0 Å². The Morgan fingerprint density at radius 3 is 0.639 bits per heavy atom. The van der Waals surface area contributed by atoms with E-state index in [2.05, 4.69) is 93.5 Å². The van der Waals surface area contributed by atoms with E-state index < -0.39 is 0 Å². The van der Waals surface area contributed by atoms with Crippen molar-refractivity contribution < 1.29 is 22.7 Å². The fraction of sp³-hybridized carbons (Fsp3) is 0.830. The fourth-order valence-corrected chi connectivity index (χ4v) is 17.3. The van der Waals surface area contributed by atoms with E-state index in [1.54, 1.807) is 25.6 Å². The average molecular weight is 1430 g/mol. The molecule has 0 fully saturated rings. The van der Waals surface area contributed by atoms with Crippen LogP contribution in [0.2, 0.25) is 9.79 Å². The molecule has 0 spiro atoms. The van der Waals surface area contributed by atoms with Gasteiger partial charge < -0.3 is 5.53 Å². The van der Waals surface area contributed by atoms with Crippen LogP contribution in [0.1, 0.15) is 499 Å². The molecule has 566 valence electrons. The Morgan fingerprint density at radius 2 is 0.402 bits per heavy atom. The molecule has 2 aromatic rings. The first-order chi connectivity index (χ1) is 47.8. The molecule has 0 amide bonds. The summed E-state index contributed by atoms with van der Waals surface area (Å²) in [5.74, 6) is 0. The smallest absolute Gasteiger partial charge is 0.0654 e. The number of rotatable bonds is 70. The zero-order valence-corrected chi connectivity index (χ0v) is 69.2. The van der Waals surface area contributed by atoms with E-state index in [0.717, 1.165) is 80.7 Å². The van der Waals surface area contributed by atoms with Crippen LogP contribution < -0.4 is 0 Å². The molecule has 0 saturated heterocycles. The van der Waals surface area contributed by atoms with Gasteiger partial charge in [-0.2, -0.15) is 0 Å². The quantitative estimate of drug-likeness (QED) is 0.0358. The minimum Gasteiger partial charge on any atom is -0.0654 e. The van der Waals surface area contributed by atoms with Gasteiger partial charge in [-0.1, -0.05) is 249 Å². The SMILES string of the molecule is CCCCCCC1=C(c2cc(CCCC)c(CCCC)c(CCCC)c2)[N+](=[N-])C(c2cc(CCCC)c(CCCC)c(CCCC)c2)=C1CCCC.CCCCCCCCCCCCCCCCCCCCC[CH2][Pd][CH2]CCCCCCCCCCCCCCCCCCCCC. The van der Waals surface area contributed by atoms with E-state index in [1.807, 2.05) is 0 Å². The zero-order valence-electron chi connectivity index (χ0n) is 67.6. The van der Waals surface area contributed by atoms with E-state index in [0.29, 0.717) is 0 Å². The minimum absolute atomic E-state index is 1.03. The first-order valence-electron chi connectivity index (χ1n) is 44.6. The molecule has 1 aliphatic rings. The minimum atomic E-state index is 1.03. The molecule has 3 heteroatoms. The van der Waals surface area contributed by atoms with E-state index in [1.165, 1.54) is 417 Å². The second-order valence-electron chi connectivity index (χ2n) is 31.0. The van der Waals surface area contributed by atoms with Gasteiger partial charge >= 0.3 is 169 Å². The van der Waals surface area contributed by atoms with Crippen LogP contribution in [0.5, 0.6) is 0 Å². The van der Waals surface area contributed by atoms with Gasteiger partial charge in [0.2, 0.25) is 11.4 Å². The molecule has 0 saturated carbocycles. The first-order valence-corrected chi connectivity index (χ1v) is 46.8. The normalized spacial score (nSPS) is 12.6. The Kier molecular flexibility index (Phi) is 63.4. The Hall–Kier alpha value is -1.82. The third-order valence-corrected chi connectivity index (χ3v) is 23.9. The van der Waals surface area contributed by atoms with Crippen LogP contribution in [-0.2, 0) is 56.5 Å². The molecule has 0 aromatic heterocycles. The van der Waals surface area contributed by atoms with Crippen LogP contribution in [0.25, 0.3) is 16.9 Å². The van der Waals surface area contributed by atoms with Gasteiger partial charge in [0.1, 0.15) is 0 Å². The van der Waals surface area contributed by atoms with E-state index in [9.17, 15) is 5.53 Å². The molecule has 0 unspecified atom stereocenters. The topological polar surface area (TPSA) is 25.3 Å². The first kappa shape index (κ1) is 91.3. The molecule has 3 rings (SSSR count). The fourth-order valence-electron chi connectivity index (χ4n) is 15.4. The molecule has 2 nitrogen and oxygen atoms in total. The van der Waals surface area contributed by atoms with Gasteiger partial charge in [0.25, 0.3) is 0 Å². The van der Waals surface area contributed by atoms with E-state index in [4.69, 9.17) is 0 Å². The summed E-state index contributed by atoms with van der Waals surface area (Å²) in [6.07, 6.45) is 90.4. The second kappa shape index (κ2) is 67.4. The summed E-state index contributed by atoms with van der Waals surface area (Å²) in [4.78, 5) is 3.10. The molecule has 0 atom stereocenters. The second-order valence-corrected chi connectivity index (χ2v) is 33.3. The number of unbranched alkanes of at least 4 members (excludes halogenated alkanes) is 48. The Labute approximate surface area is 618 Å². The van der Waals surface area contributed by atoms with Crippen LogP contribution >= 0.6 is 0 Å². The van der Waals surface area contributed by atoms with Crippen molar-refractivity contribution in [1.82, 2.24) is 0 Å². The van der Waals surface area contributed by atoms with Gasteiger partial charge in [0.05, 0.1) is 0 Å². The summed E-state index contributed by atoms with van der Waals surface area (Å²) in [6.45, 7) is 23.2. The zero-order chi connectivity index (χ0) is 70.1. The summed E-state index contributed by atoms with van der Waals surface area (Å²) >= 11 is 1.06. The van der Waals surface area contributed by atoms with Crippen LogP contribution in [0.15, 0.2) is 35.4 Å². The molecule has 0 N–H and O–H groups in total. The molecule has 0 radical (unpaired) electrons. The number of hydrogen-bond acceptors (Lipinski definition) is 0. The molecule has 97 heavy (non-hydrogen) atoms. The van der Waals surface area contributed by atoms with Crippen molar-refractivity contribution in [2.24, 2.45) is 0 Å². The predicted molar refractivity (Wildman–Crippen MR) is 436 cm³/mol. The standard InChI is InChI=1S/C50H80N2.2C22H45.Pd/c1-9-17-25-26-34-48-47(33-24-16-8)49(43-35-39(27-18-10-2)45(31-22-14-6)40(36-43)28-19-11-3)52(51)50(48)44-37-41(29-20-12-4)46(32-23-15-7)42(38-44)30-21-13-5;2*1-3-5-7-9-11-13-15-17-19-21-22-20-18-16-14-12-10-8-6-4-2;/h35-38H,9-34H2,1-8H3;2*1,3-22H2,2H3;. The maximum absolute atomic E-state index is 12.8. The van der Waals surface area contributed by atoms with Crippen LogP contribution in [0.3, 0.4) is 0 Å². The maximum atomic E-state index is 12.8. The molecule has 1 aliphatic heterocycles. The molecule has 0 bridgehead atoms. The molecule has 0 aliphatic carbocycles. The number of allylic oxidation sites excluding steroid dienone is 2. The van der Waals surface area contributed by atoms with Crippen molar-refractivity contribution in [3.63, 3.8) is 0 Å². The van der Waals surface area contributed by atoms with Gasteiger partial charge in [-0.05, 0) is 160 Å². The van der Waals surface area contributed by atoms with Gasteiger partial charge in [-0.25, -0.2) is 4.70 Å².